The molecular formula is C27H29N3O4S. The molecule has 0 atom stereocenters. The van der Waals surface area contributed by atoms with Gasteiger partial charge >= 0.3 is 6.03 Å². The predicted octanol–water partition coefficient (Wildman–Crippen LogP) is 4.60. The standard InChI is InChI=1S/C27H29N3O4S/c1-20-7-13-25(14-8-20)35(33,34)29-24-11-9-23(10-12-24)26(31)28-27(32)30-17-15-22(16-18-30)19-21-5-3-2-4-6-21/h2-14,22,29H,15-19H2,1H3,(H,28,31,32). The Morgan fingerprint density at radius 2 is 1.51 bits per heavy atom. The van der Waals surface area contributed by atoms with Crippen molar-refractivity contribution in [2.75, 3.05) is 17.8 Å². The van der Waals surface area contributed by atoms with E-state index in [2.05, 4.69) is 22.2 Å². The van der Waals surface area contributed by atoms with Crippen LogP contribution >= 0.6 is 0 Å². The minimum Gasteiger partial charge on any atom is -0.324 e. The fraction of sp³-hybridized carbons (Fsp3) is 0.259. The van der Waals surface area contributed by atoms with E-state index in [4.69, 9.17) is 0 Å². The molecule has 0 saturated carbocycles. The molecule has 0 aromatic heterocycles. The highest BCUT2D eigenvalue weighted by Crippen LogP contribution is 2.22. The van der Waals surface area contributed by atoms with Crippen molar-refractivity contribution in [2.24, 2.45) is 5.92 Å². The lowest BCUT2D eigenvalue weighted by Gasteiger charge is -2.31. The summed E-state index contributed by atoms with van der Waals surface area (Å²) in [6.07, 6.45) is 2.79. The number of hydrogen-bond acceptors (Lipinski definition) is 4. The quantitative estimate of drug-likeness (QED) is 0.527. The van der Waals surface area contributed by atoms with E-state index in [0.29, 0.717) is 24.7 Å². The molecular weight excluding hydrogens is 462 g/mol. The summed E-state index contributed by atoms with van der Waals surface area (Å²) >= 11 is 0. The van der Waals surface area contributed by atoms with Crippen LogP contribution in [0.1, 0.15) is 34.3 Å². The number of likely N-dealkylation sites (tertiary alicyclic amines) is 1. The van der Waals surface area contributed by atoms with Gasteiger partial charge in [-0.25, -0.2) is 13.2 Å². The minimum absolute atomic E-state index is 0.156. The summed E-state index contributed by atoms with van der Waals surface area (Å²) < 4.78 is 27.6. The van der Waals surface area contributed by atoms with Gasteiger partial charge in [0.05, 0.1) is 4.90 Å². The number of hydrogen-bond donors (Lipinski definition) is 2. The fourth-order valence-corrected chi connectivity index (χ4v) is 5.22. The number of anilines is 1. The zero-order valence-corrected chi connectivity index (χ0v) is 20.4. The number of rotatable bonds is 6. The van der Waals surface area contributed by atoms with Crippen LogP contribution in [0.3, 0.4) is 0 Å². The van der Waals surface area contributed by atoms with Crippen molar-refractivity contribution >= 4 is 27.6 Å². The Bertz CT molecular complexity index is 1270. The van der Waals surface area contributed by atoms with Crippen molar-refractivity contribution in [1.29, 1.82) is 0 Å². The second-order valence-corrected chi connectivity index (χ2v) is 10.6. The molecule has 7 nitrogen and oxygen atoms in total. The van der Waals surface area contributed by atoms with E-state index in [0.717, 1.165) is 24.8 Å². The van der Waals surface area contributed by atoms with Gasteiger partial charge in [0, 0.05) is 24.3 Å². The van der Waals surface area contributed by atoms with Crippen LogP contribution < -0.4 is 10.0 Å². The molecule has 3 amide bonds. The second kappa shape index (κ2) is 10.7. The number of piperidine rings is 1. The highest BCUT2D eigenvalue weighted by atomic mass is 32.2. The third-order valence-electron chi connectivity index (χ3n) is 6.22. The topological polar surface area (TPSA) is 95.6 Å². The first-order valence-electron chi connectivity index (χ1n) is 11.6. The van der Waals surface area contributed by atoms with Gasteiger partial charge in [0.25, 0.3) is 15.9 Å². The number of sulfonamides is 1. The molecule has 1 aliphatic rings. The number of nitrogens with one attached hydrogen (secondary N) is 2. The van der Waals surface area contributed by atoms with Crippen LogP contribution in [0.2, 0.25) is 0 Å². The third kappa shape index (κ3) is 6.48. The molecule has 0 bridgehead atoms. The summed E-state index contributed by atoms with van der Waals surface area (Å²) in [5.74, 6) is 0.00253. The van der Waals surface area contributed by atoms with Gasteiger partial charge in [-0.05, 0) is 74.1 Å². The second-order valence-electron chi connectivity index (χ2n) is 8.88. The van der Waals surface area contributed by atoms with E-state index >= 15 is 0 Å². The van der Waals surface area contributed by atoms with Gasteiger partial charge in [-0.3, -0.25) is 14.8 Å². The number of aryl methyl sites for hydroxylation is 1. The van der Waals surface area contributed by atoms with Crippen LogP contribution in [0.4, 0.5) is 10.5 Å². The molecule has 3 aromatic carbocycles. The van der Waals surface area contributed by atoms with Crippen molar-refractivity contribution in [1.82, 2.24) is 10.2 Å². The molecule has 35 heavy (non-hydrogen) atoms. The van der Waals surface area contributed by atoms with Crippen molar-refractivity contribution < 1.29 is 18.0 Å². The number of benzene rings is 3. The zero-order valence-electron chi connectivity index (χ0n) is 19.6. The molecule has 182 valence electrons. The van der Waals surface area contributed by atoms with E-state index in [1.807, 2.05) is 25.1 Å². The van der Waals surface area contributed by atoms with Crippen LogP contribution in [-0.4, -0.2) is 38.3 Å². The molecule has 0 unspecified atom stereocenters. The van der Waals surface area contributed by atoms with Gasteiger partial charge in [0.1, 0.15) is 0 Å². The smallest absolute Gasteiger partial charge is 0.324 e. The Kier molecular flexibility index (Phi) is 7.51. The summed E-state index contributed by atoms with van der Waals surface area (Å²) in [5, 5.41) is 2.44. The lowest BCUT2D eigenvalue weighted by Crippen LogP contribution is -2.46. The van der Waals surface area contributed by atoms with Crippen LogP contribution in [-0.2, 0) is 16.4 Å². The Labute approximate surface area is 206 Å². The molecule has 0 aliphatic carbocycles. The van der Waals surface area contributed by atoms with E-state index in [1.165, 1.54) is 42.0 Å². The number of carbonyl (C=O) groups excluding carboxylic acids is 2. The van der Waals surface area contributed by atoms with Crippen molar-refractivity contribution in [3.8, 4) is 0 Å². The third-order valence-corrected chi connectivity index (χ3v) is 7.62. The van der Waals surface area contributed by atoms with E-state index in [1.54, 1.807) is 17.0 Å². The predicted molar refractivity (Wildman–Crippen MR) is 136 cm³/mol. The highest BCUT2D eigenvalue weighted by Gasteiger charge is 2.24. The molecule has 4 rings (SSSR count). The lowest BCUT2D eigenvalue weighted by atomic mass is 9.90. The molecule has 8 heteroatoms. The average Bonchev–Trinajstić information content (AvgIpc) is 2.85. The normalized spacial score (nSPS) is 14.4. The van der Waals surface area contributed by atoms with Crippen LogP contribution in [0.15, 0.2) is 83.8 Å². The Morgan fingerprint density at radius 3 is 2.14 bits per heavy atom. The van der Waals surface area contributed by atoms with E-state index < -0.39 is 22.0 Å². The van der Waals surface area contributed by atoms with Crippen molar-refractivity contribution in [3.05, 3.63) is 95.6 Å². The molecule has 1 aliphatic heterocycles. The largest absolute Gasteiger partial charge is 0.324 e. The van der Waals surface area contributed by atoms with Crippen LogP contribution in [0.5, 0.6) is 0 Å². The number of imide groups is 1. The molecule has 1 fully saturated rings. The molecule has 3 aromatic rings. The molecule has 1 heterocycles. The highest BCUT2D eigenvalue weighted by molar-refractivity contribution is 7.92. The maximum atomic E-state index is 12.6. The maximum absolute atomic E-state index is 12.6. The first-order valence-corrected chi connectivity index (χ1v) is 13.1. The Hall–Kier alpha value is -3.65. The van der Waals surface area contributed by atoms with Crippen LogP contribution in [0, 0.1) is 12.8 Å². The average molecular weight is 492 g/mol. The number of amides is 3. The molecule has 0 spiro atoms. The maximum Gasteiger partial charge on any atom is 0.324 e. The Balaban J connectivity index is 1.28. The summed E-state index contributed by atoms with van der Waals surface area (Å²) in [6, 6.07) is 22.4. The Morgan fingerprint density at radius 1 is 0.886 bits per heavy atom. The summed E-state index contributed by atoms with van der Waals surface area (Å²) in [5.41, 5.74) is 2.87. The molecule has 1 saturated heterocycles. The minimum atomic E-state index is -3.73. The first-order chi connectivity index (χ1) is 16.8. The van der Waals surface area contributed by atoms with Gasteiger partial charge < -0.3 is 4.90 Å². The monoisotopic (exact) mass is 491 g/mol. The van der Waals surface area contributed by atoms with Gasteiger partial charge in [0.15, 0.2) is 0 Å². The molecule has 2 N–H and O–H groups in total. The van der Waals surface area contributed by atoms with Crippen LogP contribution in [0.25, 0.3) is 0 Å². The van der Waals surface area contributed by atoms with Crippen molar-refractivity contribution in [3.63, 3.8) is 0 Å². The lowest BCUT2D eigenvalue weighted by molar-refractivity contribution is 0.0945. The van der Waals surface area contributed by atoms with Gasteiger partial charge in [-0.1, -0.05) is 48.0 Å². The van der Waals surface area contributed by atoms with Gasteiger partial charge in [0.2, 0.25) is 0 Å². The zero-order chi connectivity index (χ0) is 24.8. The molecule has 0 radical (unpaired) electrons. The number of nitrogens with zero attached hydrogens (tertiary/aromatic N) is 1. The SMILES string of the molecule is Cc1ccc(S(=O)(=O)Nc2ccc(C(=O)NC(=O)N3CCC(Cc4ccccc4)CC3)cc2)cc1. The number of urea groups is 1. The van der Waals surface area contributed by atoms with Gasteiger partial charge in [-0.15, -0.1) is 0 Å². The van der Waals surface area contributed by atoms with Crippen molar-refractivity contribution in [2.45, 2.75) is 31.1 Å². The van der Waals surface area contributed by atoms with E-state index in [-0.39, 0.29) is 10.5 Å². The summed E-state index contributed by atoms with van der Waals surface area (Å²) in [7, 11) is -3.73. The summed E-state index contributed by atoms with van der Waals surface area (Å²) in [4.78, 5) is 27.0. The van der Waals surface area contributed by atoms with Gasteiger partial charge in [-0.2, -0.15) is 0 Å². The summed E-state index contributed by atoms with van der Waals surface area (Å²) in [6.45, 7) is 3.10. The van der Waals surface area contributed by atoms with E-state index in [9.17, 15) is 18.0 Å². The fourth-order valence-electron chi connectivity index (χ4n) is 4.16. The number of carbonyl (C=O) groups is 2. The first kappa shape index (κ1) is 24.5.